The molecular formula is C17H12FN3O. The van der Waals surface area contributed by atoms with Gasteiger partial charge >= 0.3 is 0 Å². The van der Waals surface area contributed by atoms with Gasteiger partial charge in [-0.3, -0.25) is 0 Å². The van der Waals surface area contributed by atoms with Gasteiger partial charge < -0.3 is 4.84 Å². The molecule has 3 rings (SSSR count). The fraction of sp³-hybridized carbons (Fsp3) is 0.0588. The highest BCUT2D eigenvalue weighted by molar-refractivity contribution is 5.66. The molecule has 1 heterocycles. The van der Waals surface area contributed by atoms with E-state index in [0.717, 1.165) is 5.56 Å². The van der Waals surface area contributed by atoms with E-state index in [-0.39, 0.29) is 17.7 Å². The summed E-state index contributed by atoms with van der Waals surface area (Å²) >= 11 is 0. The second-order valence-electron chi connectivity index (χ2n) is 4.63. The van der Waals surface area contributed by atoms with Crippen LogP contribution in [0.3, 0.4) is 0 Å². The van der Waals surface area contributed by atoms with Crippen LogP contribution in [0.15, 0.2) is 60.8 Å². The van der Waals surface area contributed by atoms with Gasteiger partial charge in [0.25, 0.3) is 0 Å². The van der Waals surface area contributed by atoms with Crippen LogP contribution in [0.25, 0.3) is 11.3 Å². The summed E-state index contributed by atoms with van der Waals surface area (Å²) in [7, 11) is 0. The molecule has 0 N–H and O–H groups in total. The Kier molecular flexibility index (Phi) is 3.84. The highest BCUT2D eigenvalue weighted by atomic mass is 19.1. The van der Waals surface area contributed by atoms with Crippen molar-refractivity contribution in [1.82, 2.24) is 9.94 Å². The molecule has 0 atom stereocenters. The van der Waals surface area contributed by atoms with E-state index in [1.54, 1.807) is 18.2 Å². The molecule has 0 bridgehead atoms. The number of nitrogens with zero attached hydrogens (tertiary/aromatic N) is 3. The smallest absolute Gasteiger partial charge is 0.142 e. The lowest BCUT2D eigenvalue weighted by atomic mass is 10.1. The first-order valence-electron chi connectivity index (χ1n) is 6.70. The first-order chi connectivity index (χ1) is 10.8. The Bertz CT molecular complexity index is 821. The fourth-order valence-electron chi connectivity index (χ4n) is 2.12. The average molecular weight is 293 g/mol. The number of rotatable bonds is 4. The third-order valence-electron chi connectivity index (χ3n) is 3.18. The lowest BCUT2D eigenvalue weighted by Crippen LogP contribution is -2.14. The lowest BCUT2D eigenvalue weighted by Gasteiger charge is -2.10. The van der Waals surface area contributed by atoms with Crippen molar-refractivity contribution in [2.24, 2.45) is 0 Å². The van der Waals surface area contributed by atoms with Crippen molar-refractivity contribution in [1.29, 1.82) is 5.26 Å². The molecule has 3 aromatic rings. The quantitative estimate of drug-likeness (QED) is 0.742. The zero-order valence-electron chi connectivity index (χ0n) is 11.6. The average Bonchev–Trinajstić information content (AvgIpc) is 2.97. The van der Waals surface area contributed by atoms with Crippen molar-refractivity contribution in [3.8, 4) is 17.3 Å². The second-order valence-corrected chi connectivity index (χ2v) is 4.63. The van der Waals surface area contributed by atoms with Crippen molar-refractivity contribution >= 4 is 0 Å². The maximum absolute atomic E-state index is 14.0. The predicted octanol–water partition coefficient (Wildman–Crippen LogP) is 3.19. The monoisotopic (exact) mass is 293 g/mol. The predicted molar refractivity (Wildman–Crippen MR) is 79.1 cm³/mol. The van der Waals surface area contributed by atoms with E-state index in [9.17, 15) is 9.65 Å². The molecule has 0 aliphatic carbocycles. The molecule has 2 aromatic carbocycles. The molecule has 0 radical (unpaired) electrons. The molecule has 4 nitrogen and oxygen atoms in total. The van der Waals surface area contributed by atoms with Crippen LogP contribution in [0.5, 0.6) is 0 Å². The third kappa shape index (κ3) is 2.67. The number of benzene rings is 2. The standard InChI is InChI=1S/C17H12FN3O/c18-16-9-5-4-8-15(16)17-14(10-19)11-20-21(17)22-12-13-6-2-1-3-7-13/h1-9,11H,12H2. The first kappa shape index (κ1) is 13.8. The molecule has 108 valence electrons. The van der Waals surface area contributed by atoms with E-state index in [2.05, 4.69) is 5.10 Å². The van der Waals surface area contributed by atoms with Gasteiger partial charge in [0.05, 0.1) is 6.20 Å². The molecule has 0 unspecified atom stereocenters. The van der Waals surface area contributed by atoms with E-state index >= 15 is 0 Å². The summed E-state index contributed by atoms with van der Waals surface area (Å²) in [5, 5.41) is 13.2. The van der Waals surface area contributed by atoms with E-state index in [0.29, 0.717) is 5.69 Å². The SMILES string of the molecule is N#Cc1cnn(OCc2ccccc2)c1-c1ccccc1F. The van der Waals surface area contributed by atoms with Crippen LogP contribution in [0.4, 0.5) is 4.39 Å². The van der Waals surface area contributed by atoms with Gasteiger partial charge in [-0.25, -0.2) is 4.39 Å². The van der Waals surface area contributed by atoms with Crippen molar-refractivity contribution in [3.63, 3.8) is 0 Å². The largest absolute Gasteiger partial charge is 0.391 e. The van der Waals surface area contributed by atoms with Crippen LogP contribution in [0.1, 0.15) is 11.1 Å². The van der Waals surface area contributed by atoms with E-state index < -0.39 is 5.82 Å². The van der Waals surface area contributed by atoms with Gasteiger partial charge in [-0.15, -0.1) is 5.10 Å². The molecule has 0 fully saturated rings. The molecule has 5 heteroatoms. The summed E-state index contributed by atoms with van der Waals surface area (Å²) in [6, 6.07) is 17.8. The maximum Gasteiger partial charge on any atom is 0.142 e. The summed E-state index contributed by atoms with van der Waals surface area (Å²) < 4.78 is 14.0. The minimum atomic E-state index is -0.427. The number of nitriles is 1. The molecule has 22 heavy (non-hydrogen) atoms. The molecule has 0 aliphatic rings. The molecule has 0 saturated heterocycles. The minimum absolute atomic E-state index is 0.262. The van der Waals surface area contributed by atoms with E-state index in [4.69, 9.17) is 4.84 Å². The molecular weight excluding hydrogens is 281 g/mol. The summed E-state index contributed by atoms with van der Waals surface area (Å²) in [4.78, 5) is 6.80. The highest BCUT2D eigenvalue weighted by Gasteiger charge is 2.17. The fourth-order valence-corrected chi connectivity index (χ4v) is 2.12. The Morgan fingerprint density at radius 2 is 1.82 bits per heavy atom. The first-order valence-corrected chi connectivity index (χ1v) is 6.70. The topological polar surface area (TPSA) is 50.8 Å². The lowest BCUT2D eigenvalue weighted by molar-refractivity contribution is 0.0735. The molecule has 0 spiro atoms. The summed E-state index contributed by atoms with van der Waals surface area (Å²) in [6.07, 6.45) is 1.37. The Hall–Kier alpha value is -3.13. The second kappa shape index (κ2) is 6.10. The van der Waals surface area contributed by atoms with Crippen LogP contribution < -0.4 is 4.84 Å². The van der Waals surface area contributed by atoms with Gasteiger partial charge in [0.2, 0.25) is 0 Å². The van der Waals surface area contributed by atoms with Crippen LogP contribution >= 0.6 is 0 Å². The van der Waals surface area contributed by atoms with Gasteiger partial charge in [-0.2, -0.15) is 5.26 Å². The Labute approximate surface area is 127 Å². The normalized spacial score (nSPS) is 10.2. The van der Waals surface area contributed by atoms with Gasteiger partial charge in [0.1, 0.15) is 29.8 Å². The van der Waals surface area contributed by atoms with Gasteiger partial charge in [0, 0.05) is 5.56 Å². The van der Waals surface area contributed by atoms with Crippen molar-refractivity contribution in [2.45, 2.75) is 6.61 Å². The molecule has 0 aliphatic heterocycles. The zero-order chi connectivity index (χ0) is 15.4. The number of aromatic nitrogens is 2. The van der Waals surface area contributed by atoms with Crippen LogP contribution in [-0.2, 0) is 6.61 Å². The van der Waals surface area contributed by atoms with Gasteiger partial charge in [-0.05, 0) is 17.7 Å². The minimum Gasteiger partial charge on any atom is -0.391 e. The zero-order valence-corrected chi connectivity index (χ0v) is 11.6. The van der Waals surface area contributed by atoms with Crippen molar-refractivity contribution in [2.75, 3.05) is 0 Å². The number of hydrogen-bond acceptors (Lipinski definition) is 3. The van der Waals surface area contributed by atoms with Crippen LogP contribution in [0.2, 0.25) is 0 Å². The third-order valence-corrected chi connectivity index (χ3v) is 3.18. The Balaban J connectivity index is 1.95. The summed E-state index contributed by atoms with van der Waals surface area (Å²) in [6.45, 7) is 0.273. The highest BCUT2D eigenvalue weighted by Crippen LogP contribution is 2.25. The molecule has 1 aromatic heterocycles. The Morgan fingerprint density at radius 1 is 1.09 bits per heavy atom. The van der Waals surface area contributed by atoms with Crippen LogP contribution in [-0.4, -0.2) is 9.94 Å². The van der Waals surface area contributed by atoms with E-state index in [1.165, 1.54) is 17.1 Å². The maximum atomic E-state index is 14.0. The summed E-state index contributed by atoms with van der Waals surface area (Å²) in [5.74, 6) is -0.427. The van der Waals surface area contributed by atoms with E-state index in [1.807, 2.05) is 36.4 Å². The number of halogens is 1. The van der Waals surface area contributed by atoms with Crippen molar-refractivity contribution in [3.05, 3.63) is 77.7 Å². The van der Waals surface area contributed by atoms with Crippen molar-refractivity contribution < 1.29 is 9.23 Å². The van der Waals surface area contributed by atoms with Crippen LogP contribution in [0, 0.1) is 17.1 Å². The summed E-state index contributed by atoms with van der Waals surface area (Å²) in [5.41, 5.74) is 1.82. The number of hydrogen-bond donors (Lipinski definition) is 0. The molecule has 0 saturated carbocycles. The van der Waals surface area contributed by atoms with Gasteiger partial charge in [0.15, 0.2) is 0 Å². The molecule has 0 amide bonds. The Morgan fingerprint density at radius 3 is 2.55 bits per heavy atom. The van der Waals surface area contributed by atoms with Gasteiger partial charge in [-0.1, -0.05) is 47.3 Å².